The number of esters is 1. The van der Waals surface area contributed by atoms with Crippen LogP contribution in [0.25, 0.3) is 0 Å². The Morgan fingerprint density at radius 2 is 1.82 bits per heavy atom. The number of benzene rings is 1. The third-order valence-electron chi connectivity index (χ3n) is 1.87. The summed E-state index contributed by atoms with van der Waals surface area (Å²) < 4.78 is 4.63. The molecule has 0 heterocycles. The standard InChI is InChI=1S/C13H16O2SSi/c1-15-13(14)11-5-7-12(8-6-11)16-9-10-17(2,3)4/h5-8H,1-4H3. The molecule has 0 unspecified atom stereocenters. The minimum Gasteiger partial charge on any atom is -0.465 e. The summed E-state index contributed by atoms with van der Waals surface area (Å²) in [5.41, 5.74) is 3.84. The van der Waals surface area contributed by atoms with Gasteiger partial charge in [-0.2, -0.15) is 0 Å². The number of methoxy groups -OCH3 is 1. The molecule has 1 rings (SSSR count). The molecular formula is C13H16O2SSi. The molecule has 0 saturated heterocycles. The number of thioether (sulfide) groups is 1. The van der Waals surface area contributed by atoms with Gasteiger partial charge in [0.25, 0.3) is 0 Å². The van der Waals surface area contributed by atoms with E-state index in [-0.39, 0.29) is 5.97 Å². The fourth-order valence-corrected chi connectivity index (χ4v) is 2.83. The van der Waals surface area contributed by atoms with Gasteiger partial charge < -0.3 is 4.74 Å². The van der Waals surface area contributed by atoms with Gasteiger partial charge >= 0.3 is 5.97 Å². The molecule has 0 bridgehead atoms. The van der Waals surface area contributed by atoms with Crippen LogP contribution in [0.1, 0.15) is 10.4 Å². The molecule has 0 amide bonds. The zero-order valence-electron chi connectivity index (χ0n) is 10.5. The van der Waals surface area contributed by atoms with E-state index in [2.05, 4.69) is 35.2 Å². The van der Waals surface area contributed by atoms with Gasteiger partial charge in [0.15, 0.2) is 0 Å². The topological polar surface area (TPSA) is 26.3 Å². The Morgan fingerprint density at radius 3 is 2.29 bits per heavy atom. The van der Waals surface area contributed by atoms with Gasteiger partial charge in [-0.05, 0) is 41.3 Å². The van der Waals surface area contributed by atoms with Crippen LogP contribution in [-0.4, -0.2) is 21.2 Å². The highest BCUT2D eigenvalue weighted by Crippen LogP contribution is 2.17. The van der Waals surface area contributed by atoms with Crippen molar-refractivity contribution in [2.24, 2.45) is 0 Å². The van der Waals surface area contributed by atoms with Crippen molar-refractivity contribution in [3.8, 4) is 10.8 Å². The fraction of sp³-hybridized carbons (Fsp3) is 0.308. The van der Waals surface area contributed by atoms with Crippen LogP contribution in [0.2, 0.25) is 19.6 Å². The predicted octanol–water partition coefficient (Wildman–Crippen LogP) is 3.40. The van der Waals surface area contributed by atoms with Gasteiger partial charge in [0.2, 0.25) is 0 Å². The van der Waals surface area contributed by atoms with Crippen molar-refractivity contribution in [2.45, 2.75) is 24.5 Å². The van der Waals surface area contributed by atoms with Crippen LogP contribution in [-0.2, 0) is 4.74 Å². The molecule has 1 aromatic rings. The molecule has 0 aliphatic rings. The van der Waals surface area contributed by atoms with Crippen LogP contribution in [0.15, 0.2) is 29.2 Å². The Kier molecular flexibility index (Phi) is 4.85. The molecule has 0 radical (unpaired) electrons. The molecule has 0 aliphatic heterocycles. The quantitative estimate of drug-likeness (QED) is 0.354. The average Bonchev–Trinajstić information content (AvgIpc) is 2.27. The Bertz CT molecular complexity index is 449. The van der Waals surface area contributed by atoms with E-state index in [1.165, 1.54) is 18.9 Å². The summed E-state index contributed by atoms with van der Waals surface area (Å²) in [4.78, 5) is 12.3. The lowest BCUT2D eigenvalue weighted by Crippen LogP contribution is -2.15. The summed E-state index contributed by atoms with van der Waals surface area (Å²) in [6, 6.07) is 7.28. The van der Waals surface area contributed by atoms with Crippen LogP contribution in [0, 0.1) is 10.8 Å². The van der Waals surface area contributed by atoms with Crippen molar-refractivity contribution in [1.29, 1.82) is 0 Å². The molecular weight excluding hydrogens is 248 g/mol. The van der Waals surface area contributed by atoms with E-state index in [1.807, 2.05) is 12.1 Å². The van der Waals surface area contributed by atoms with E-state index in [1.54, 1.807) is 12.1 Å². The lowest BCUT2D eigenvalue weighted by molar-refractivity contribution is 0.0600. The average molecular weight is 264 g/mol. The van der Waals surface area contributed by atoms with E-state index in [9.17, 15) is 4.79 Å². The second-order valence-corrected chi connectivity index (χ2v) is 10.2. The molecule has 17 heavy (non-hydrogen) atoms. The molecule has 0 atom stereocenters. The lowest BCUT2D eigenvalue weighted by atomic mass is 10.2. The monoisotopic (exact) mass is 264 g/mol. The van der Waals surface area contributed by atoms with Gasteiger partial charge in [0, 0.05) is 4.90 Å². The zero-order valence-corrected chi connectivity index (χ0v) is 12.4. The SMILES string of the molecule is COC(=O)c1ccc(SC#C[Si](C)(C)C)cc1. The molecule has 0 aromatic heterocycles. The Hall–Kier alpha value is -1.18. The number of rotatable bonds is 2. The first-order valence-corrected chi connectivity index (χ1v) is 9.61. The van der Waals surface area contributed by atoms with Gasteiger partial charge in [-0.25, -0.2) is 4.79 Å². The van der Waals surface area contributed by atoms with Gasteiger partial charge in [-0.1, -0.05) is 19.6 Å². The molecule has 0 spiro atoms. The number of hydrogen-bond donors (Lipinski definition) is 0. The largest absolute Gasteiger partial charge is 0.465 e. The van der Waals surface area contributed by atoms with E-state index in [4.69, 9.17) is 0 Å². The first-order valence-electron chi connectivity index (χ1n) is 5.30. The normalized spacial score (nSPS) is 10.4. The van der Waals surface area contributed by atoms with E-state index < -0.39 is 8.07 Å². The van der Waals surface area contributed by atoms with Gasteiger partial charge in [-0.15, -0.1) is 5.54 Å². The van der Waals surface area contributed by atoms with E-state index in [0.717, 1.165) is 4.90 Å². The molecule has 4 heteroatoms. The van der Waals surface area contributed by atoms with Gasteiger partial charge in [-0.3, -0.25) is 0 Å². The maximum atomic E-state index is 11.2. The van der Waals surface area contributed by atoms with E-state index >= 15 is 0 Å². The van der Waals surface area contributed by atoms with E-state index in [0.29, 0.717) is 5.56 Å². The highest BCUT2D eigenvalue weighted by Gasteiger charge is 2.07. The Morgan fingerprint density at radius 1 is 1.24 bits per heavy atom. The van der Waals surface area contributed by atoms with Gasteiger partial charge in [0.1, 0.15) is 8.07 Å². The summed E-state index contributed by atoms with van der Waals surface area (Å²) in [7, 11) is 0.0777. The first-order chi connectivity index (χ1) is 7.92. The number of carbonyl (C=O) groups excluding carboxylic acids is 1. The summed E-state index contributed by atoms with van der Waals surface area (Å²) in [5.74, 6) is -0.310. The smallest absolute Gasteiger partial charge is 0.337 e. The van der Waals surface area contributed by atoms with Crippen molar-refractivity contribution in [3.63, 3.8) is 0 Å². The number of hydrogen-bond acceptors (Lipinski definition) is 3. The summed E-state index contributed by atoms with van der Waals surface area (Å²) in [6.07, 6.45) is 0. The van der Waals surface area contributed by atoms with Crippen molar-refractivity contribution >= 4 is 25.8 Å². The lowest BCUT2D eigenvalue weighted by Gasteiger charge is -2.03. The van der Waals surface area contributed by atoms with Crippen molar-refractivity contribution in [1.82, 2.24) is 0 Å². The maximum absolute atomic E-state index is 11.2. The number of ether oxygens (including phenoxy) is 1. The van der Waals surface area contributed by atoms with Crippen LogP contribution >= 0.6 is 11.8 Å². The first kappa shape index (κ1) is 13.9. The summed E-state index contributed by atoms with van der Waals surface area (Å²) >= 11 is 1.50. The zero-order chi connectivity index (χ0) is 12.9. The molecule has 0 N–H and O–H groups in total. The molecule has 0 saturated carbocycles. The van der Waals surface area contributed by atoms with Crippen LogP contribution in [0.5, 0.6) is 0 Å². The van der Waals surface area contributed by atoms with Crippen LogP contribution in [0.3, 0.4) is 0 Å². The molecule has 0 aliphatic carbocycles. The maximum Gasteiger partial charge on any atom is 0.337 e. The summed E-state index contributed by atoms with van der Waals surface area (Å²) in [5, 5.41) is 3.12. The summed E-state index contributed by atoms with van der Waals surface area (Å²) in [6.45, 7) is 6.63. The molecule has 0 fully saturated rings. The van der Waals surface area contributed by atoms with Crippen molar-refractivity contribution < 1.29 is 9.53 Å². The number of carbonyl (C=O) groups is 1. The highest BCUT2D eigenvalue weighted by molar-refractivity contribution is 8.04. The second kappa shape index (κ2) is 5.94. The third kappa shape index (κ3) is 5.11. The fourth-order valence-electron chi connectivity index (χ4n) is 1.01. The minimum atomic E-state index is -1.30. The third-order valence-corrected chi connectivity index (χ3v) is 3.64. The Balaban J connectivity index is 2.68. The van der Waals surface area contributed by atoms with Gasteiger partial charge in [0.05, 0.1) is 12.7 Å². The minimum absolute atomic E-state index is 0.310. The second-order valence-electron chi connectivity index (χ2n) is 4.60. The van der Waals surface area contributed by atoms with Crippen LogP contribution in [0.4, 0.5) is 0 Å². The Labute approximate surface area is 108 Å². The molecule has 90 valence electrons. The van der Waals surface area contributed by atoms with Crippen molar-refractivity contribution in [2.75, 3.05) is 7.11 Å². The highest BCUT2D eigenvalue weighted by atomic mass is 32.2. The van der Waals surface area contributed by atoms with Crippen molar-refractivity contribution in [3.05, 3.63) is 29.8 Å². The molecule has 1 aromatic carbocycles. The molecule has 2 nitrogen and oxygen atoms in total. The predicted molar refractivity (Wildman–Crippen MR) is 74.8 cm³/mol. The van der Waals surface area contributed by atoms with Crippen LogP contribution < -0.4 is 0 Å².